The van der Waals surface area contributed by atoms with Gasteiger partial charge in [-0.3, -0.25) is 0 Å². The second-order valence-electron chi connectivity index (χ2n) is 9.71. The summed E-state index contributed by atoms with van der Waals surface area (Å²) in [5.74, 6) is -0.988. The van der Waals surface area contributed by atoms with Gasteiger partial charge in [0.2, 0.25) is 0 Å². The van der Waals surface area contributed by atoms with Crippen LogP contribution in [0.2, 0.25) is 18.1 Å². The van der Waals surface area contributed by atoms with Crippen LogP contribution in [-0.2, 0) is 9.16 Å². The van der Waals surface area contributed by atoms with E-state index in [0.717, 1.165) is 0 Å². The molecule has 2 aromatic rings. The van der Waals surface area contributed by atoms with Crippen LogP contribution in [0.1, 0.15) is 44.1 Å². The molecule has 0 aliphatic carbocycles. The predicted molar refractivity (Wildman–Crippen MR) is 136 cm³/mol. The molecule has 2 aromatic carbocycles. The summed E-state index contributed by atoms with van der Waals surface area (Å²) in [6.07, 6.45) is -2.52. The van der Waals surface area contributed by atoms with Gasteiger partial charge in [-0.05, 0) is 67.7 Å². The van der Waals surface area contributed by atoms with E-state index in [1.54, 1.807) is 6.07 Å². The summed E-state index contributed by atoms with van der Waals surface area (Å²) in [5, 5.41) is 50.8. The van der Waals surface area contributed by atoms with Crippen molar-refractivity contribution in [3.63, 3.8) is 0 Å². The van der Waals surface area contributed by atoms with Crippen molar-refractivity contribution >= 4 is 40.2 Å². The summed E-state index contributed by atoms with van der Waals surface area (Å²) in [7, 11) is -2.44. The molecule has 0 saturated carbocycles. The zero-order valence-corrected chi connectivity index (χ0v) is 23.8. The highest BCUT2D eigenvalue weighted by atomic mass is 79.9. The Morgan fingerprint density at radius 3 is 2.21 bits per heavy atom. The van der Waals surface area contributed by atoms with E-state index in [2.05, 4.69) is 65.7 Å². The summed E-state index contributed by atoms with van der Waals surface area (Å²) < 4.78 is 19.4. The van der Waals surface area contributed by atoms with Gasteiger partial charge in [0, 0.05) is 0 Å². The number of phenolic OH excluding ortho intramolecular Hbond substituents is 4. The fourth-order valence-electron chi connectivity index (χ4n) is 3.53. The molecule has 188 valence electrons. The summed E-state index contributed by atoms with van der Waals surface area (Å²) >= 11 is 6.56. The standard InChI is InChI=1S/C23H30Br2O8Si/c1-23(2,3)34(4,5)33-22-19(11-6-7-12(27)13(28)10-11)32-20-14(21(22)31-9-8-26)17(29)15(24)18(30)16(20)25/h6-7,10,19,21-22,26-30H,8-9H2,1-5H3. The molecule has 3 unspecified atom stereocenters. The first-order chi connectivity index (χ1) is 15.7. The molecule has 34 heavy (non-hydrogen) atoms. The Labute approximate surface area is 216 Å². The molecule has 1 aliphatic heterocycles. The van der Waals surface area contributed by atoms with E-state index in [1.807, 2.05) is 0 Å². The average molecular weight is 622 g/mol. The van der Waals surface area contributed by atoms with E-state index in [9.17, 15) is 25.5 Å². The zero-order valence-electron chi connectivity index (χ0n) is 19.6. The number of ether oxygens (including phenoxy) is 2. The van der Waals surface area contributed by atoms with E-state index in [0.29, 0.717) is 5.56 Å². The van der Waals surface area contributed by atoms with Gasteiger partial charge in [-0.25, -0.2) is 0 Å². The first kappa shape index (κ1) is 27.1. The highest BCUT2D eigenvalue weighted by molar-refractivity contribution is 9.11. The van der Waals surface area contributed by atoms with Crippen LogP contribution in [0.25, 0.3) is 0 Å². The Morgan fingerprint density at radius 2 is 1.65 bits per heavy atom. The van der Waals surface area contributed by atoms with Gasteiger partial charge in [0.15, 0.2) is 31.7 Å². The predicted octanol–water partition coefficient (Wildman–Crippen LogP) is 5.61. The summed E-state index contributed by atoms with van der Waals surface area (Å²) in [6.45, 7) is 10.1. The third-order valence-electron chi connectivity index (χ3n) is 6.40. The number of aliphatic hydroxyl groups excluding tert-OH is 1. The molecule has 1 aliphatic rings. The zero-order chi connectivity index (χ0) is 25.6. The Balaban J connectivity index is 2.27. The van der Waals surface area contributed by atoms with E-state index in [-0.39, 0.29) is 61.5 Å². The maximum Gasteiger partial charge on any atom is 0.192 e. The van der Waals surface area contributed by atoms with Gasteiger partial charge < -0.3 is 39.4 Å². The highest BCUT2D eigenvalue weighted by Crippen LogP contribution is 2.57. The van der Waals surface area contributed by atoms with Crippen molar-refractivity contribution in [1.29, 1.82) is 0 Å². The van der Waals surface area contributed by atoms with Crippen LogP contribution in [0, 0.1) is 0 Å². The molecule has 0 aromatic heterocycles. The molecule has 0 saturated heterocycles. The first-order valence-electron chi connectivity index (χ1n) is 10.7. The van der Waals surface area contributed by atoms with Gasteiger partial charge in [-0.2, -0.15) is 0 Å². The monoisotopic (exact) mass is 620 g/mol. The molecule has 0 spiro atoms. The number of benzene rings is 2. The lowest BCUT2D eigenvalue weighted by Gasteiger charge is -2.46. The van der Waals surface area contributed by atoms with Crippen LogP contribution in [0.4, 0.5) is 0 Å². The van der Waals surface area contributed by atoms with Crippen molar-refractivity contribution in [2.24, 2.45) is 0 Å². The summed E-state index contributed by atoms with van der Waals surface area (Å²) in [6, 6.07) is 4.33. The lowest BCUT2D eigenvalue weighted by atomic mass is 9.91. The topological polar surface area (TPSA) is 129 Å². The normalized spacial score (nSPS) is 20.6. The van der Waals surface area contributed by atoms with Gasteiger partial charge in [0.05, 0.1) is 18.8 Å². The van der Waals surface area contributed by atoms with E-state index < -0.39 is 26.6 Å². The lowest BCUT2D eigenvalue weighted by Crippen LogP contribution is -2.49. The van der Waals surface area contributed by atoms with Crippen molar-refractivity contribution in [3.8, 4) is 28.7 Å². The number of fused-ring (bicyclic) bond motifs is 1. The lowest BCUT2D eigenvalue weighted by molar-refractivity contribution is -0.102. The van der Waals surface area contributed by atoms with Crippen LogP contribution < -0.4 is 4.74 Å². The fourth-order valence-corrected chi connectivity index (χ4v) is 5.99. The van der Waals surface area contributed by atoms with E-state index in [1.165, 1.54) is 12.1 Å². The van der Waals surface area contributed by atoms with Crippen LogP contribution in [-0.4, -0.2) is 53.2 Å². The number of aliphatic hydroxyl groups is 1. The number of hydrogen-bond acceptors (Lipinski definition) is 8. The van der Waals surface area contributed by atoms with Crippen LogP contribution in [0.3, 0.4) is 0 Å². The summed E-state index contributed by atoms with van der Waals surface area (Å²) in [5.41, 5.74) is 0.754. The minimum absolute atomic E-state index is 0.0371. The molecule has 0 bridgehead atoms. The molecular formula is C23H30Br2O8Si. The molecule has 3 atom stereocenters. The van der Waals surface area contributed by atoms with Gasteiger partial charge in [0.1, 0.15) is 32.7 Å². The van der Waals surface area contributed by atoms with Crippen LogP contribution >= 0.6 is 31.9 Å². The minimum atomic E-state index is -2.44. The molecule has 5 N–H and O–H groups in total. The molecule has 1 heterocycles. The number of phenols is 4. The van der Waals surface area contributed by atoms with Gasteiger partial charge in [-0.1, -0.05) is 26.8 Å². The quantitative estimate of drug-likeness (QED) is 0.208. The second kappa shape index (κ2) is 9.86. The largest absolute Gasteiger partial charge is 0.506 e. The van der Waals surface area contributed by atoms with Crippen molar-refractivity contribution in [3.05, 3.63) is 38.3 Å². The second-order valence-corrected chi connectivity index (χ2v) is 16.1. The smallest absolute Gasteiger partial charge is 0.192 e. The van der Waals surface area contributed by atoms with Crippen molar-refractivity contribution < 1.29 is 39.4 Å². The average Bonchev–Trinajstić information content (AvgIpc) is 2.75. The van der Waals surface area contributed by atoms with Crippen molar-refractivity contribution in [2.45, 2.75) is 57.2 Å². The fraction of sp³-hybridized carbons (Fsp3) is 0.478. The van der Waals surface area contributed by atoms with Crippen molar-refractivity contribution in [2.75, 3.05) is 13.2 Å². The third kappa shape index (κ3) is 4.91. The molecule has 3 rings (SSSR count). The maximum atomic E-state index is 11.0. The van der Waals surface area contributed by atoms with Gasteiger partial charge in [-0.15, -0.1) is 0 Å². The van der Waals surface area contributed by atoms with E-state index in [4.69, 9.17) is 13.9 Å². The first-order valence-corrected chi connectivity index (χ1v) is 15.2. The van der Waals surface area contributed by atoms with Crippen molar-refractivity contribution in [1.82, 2.24) is 0 Å². The Kier molecular flexibility index (Phi) is 7.86. The third-order valence-corrected chi connectivity index (χ3v) is 12.4. The molecule has 0 radical (unpaired) electrons. The molecule has 11 heteroatoms. The number of aromatic hydroxyl groups is 4. The SMILES string of the molecule is CC(C)(C)[Si](C)(C)OC1C(c2ccc(O)c(O)c2)Oc2c(Br)c(O)c(Br)c(O)c2C1OCCO. The number of hydrogen-bond donors (Lipinski definition) is 5. The van der Waals surface area contributed by atoms with Crippen LogP contribution in [0.15, 0.2) is 27.1 Å². The molecule has 0 fully saturated rings. The maximum absolute atomic E-state index is 11.0. The molecule has 0 amide bonds. The molecular weight excluding hydrogens is 592 g/mol. The summed E-state index contributed by atoms with van der Waals surface area (Å²) in [4.78, 5) is 0. The minimum Gasteiger partial charge on any atom is -0.506 e. The Hall–Kier alpha value is -1.50. The Morgan fingerprint density at radius 1 is 1.00 bits per heavy atom. The van der Waals surface area contributed by atoms with Gasteiger partial charge >= 0.3 is 0 Å². The highest BCUT2D eigenvalue weighted by Gasteiger charge is 2.49. The molecule has 8 nitrogen and oxygen atoms in total. The van der Waals surface area contributed by atoms with Crippen LogP contribution in [0.5, 0.6) is 28.7 Å². The number of halogens is 2. The Bertz CT molecular complexity index is 1070. The van der Waals surface area contributed by atoms with Gasteiger partial charge in [0.25, 0.3) is 0 Å². The van der Waals surface area contributed by atoms with E-state index >= 15 is 0 Å². The number of rotatable bonds is 6.